The highest BCUT2D eigenvalue weighted by atomic mass is 32.2. The Kier molecular flexibility index (Phi) is 6.26. The SMILES string of the molecule is CC(C)CNC(=O)[C@H](C)OC(=O)[C@H]1CCCCN1C1=NS(=O)(=O)c2ccccc21. The molecule has 2 aliphatic heterocycles. The van der Waals surface area contributed by atoms with E-state index in [9.17, 15) is 18.0 Å². The van der Waals surface area contributed by atoms with Gasteiger partial charge in [0.25, 0.3) is 15.9 Å². The molecule has 0 aromatic heterocycles. The second kappa shape index (κ2) is 8.52. The minimum Gasteiger partial charge on any atom is -0.451 e. The molecule has 1 N–H and O–H groups in total. The molecule has 0 spiro atoms. The number of carbonyl (C=O) groups excluding carboxylic acids is 2. The van der Waals surface area contributed by atoms with Crippen LogP contribution in [0, 0.1) is 5.92 Å². The van der Waals surface area contributed by atoms with E-state index >= 15 is 0 Å². The molecule has 0 aliphatic carbocycles. The summed E-state index contributed by atoms with van der Waals surface area (Å²) in [5.41, 5.74) is 0.495. The minimum atomic E-state index is -3.78. The Bertz CT molecular complexity index is 926. The van der Waals surface area contributed by atoms with E-state index in [0.717, 1.165) is 12.8 Å². The van der Waals surface area contributed by atoms with E-state index in [0.29, 0.717) is 25.1 Å². The summed E-state index contributed by atoms with van der Waals surface area (Å²) in [5, 5.41) is 2.75. The van der Waals surface area contributed by atoms with Crippen LogP contribution in [-0.2, 0) is 24.3 Å². The van der Waals surface area contributed by atoms with Crippen LogP contribution in [0.5, 0.6) is 0 Å². The third-order valence-corrected chi connectivity index (χ3v) is 6.33. The average molecular weight is 422 g/mol. The smallest absolute Gasteiger partial charge is 0.329 e. The van der Waals surface area contributed by atoms with Crippen LogP contribution < -0.4 is 5.32 Å². The molecule has 1 aromatic rings. The van der Waals surface area contributed by atoms with Crippen LogP contribution in [0.1, 0.15) is 45.6 Å². The number of fused-ring (bicyclic) bond motifs is 1. The summed E-state index contributed by atoms with van der Waals surface area (Å²) in [6.07, 6.45) is 1.22. The van der Waals surface area contributed by atoms with Crippen LogP contribution in [0.4, 0.5) is 0 Å². The molecule has 0 saturated carbocycles. The Morgan fingerprint density at radius 3 is 2.69 bits per heavy atom. The minimum absolute atomic E-state index is 0.147. The molecule has 8 nitrogen and oxygen atoms in total. The summed E-state index contributed by atoms with van der Waals surface area (Å²) in [6, 6.07) is 5.92. The van der Waals surface area contributed by atoms with E-state index in [1.807, 2.05) is 13.8 Å². The number of esters is 1. The van der Waals surface area contributed by atoms with Gasteiger partial charge in [0.1, 0.15) is 10.9 Å². The normalized spacial score (nSPS) is 21.3. The van der Waals surface area contributed by atoms with Crippen molar-refractivity contribution in [2.75, 3.05) is 13.1 Å². The van der Waals surface area contributed by atoms with E-state index in [1.54, 1.807) is 23.1 Å². The van der Waals surface area contributed by atoms with Gasteiger partial charge < -0.3 is 15.0 Å². The number of ether oxygens (including phenoxy) is 1. The number of hydrogen-bond donors (Lipinski definition) is 1. The van der Waals surface area contributed by atoms with E-state index in [4.69, 9.17) is 4.74 Å². The first kappa shape index (κ1) is 21.3. The number of rotatable bonds is 5. The van der Waals surface area contributed by atoms with Gasteiger partial charge >= 0.3 is 5.97 Å². The number of hydrogen-bond acceptors (Lipinski definition) is 6. The average Bonchev–Trinajstić information content (AvgIpc) is 2.97. The fraction of sp³-hybridized carbons (Fsp3) is 0.550. The van der Waals surface area contributed by atoms with Crippen LogP contribution in [0.15, 0.2) is 33.6 Å². The molecular weight excluding hydrogens is 394 g/mol. The van der Waals surface area contributed by atoms with Gasteiger partial charge in [0, 0.05) is 18.7 Å². The van der Waals surface area contributed by atoms with Crippen molar-refractivity contribution in [1.82, 2.24) is 10.2 Å². The van der Waals surface area contributed by atoms with Gasteiger partial charge in [0.15, 0.2) is 11.9 Å². The highest BCUT2D eigenvalue weighted by Gasteiger charge is 2.39. The predicted molar refractivity (Wildman–Crippen MR) is 108 cm³/mol. The molecule has 0 unspecified atom stereocenters. The molecule has 3 rings (SSSR count). The summed E-state index contributed by atoms with van der Waals surface area (Å²) in [7, 11) is -3.78. The zero-order valence-corrected chi connectivity index (χ0v) is 17.7. The van der Waals surface area contributed by atoms with Crippen molar-refractivity contribution in [2.24, 2.45) is 10.3 Å². The third-order valence-electron chi connectivity index (χ3n) is 5.01. The van der Waals surface area contributed by atoms with Gasteiger partial charge in [-0.05, 0) is 44.2 Å². The number of nitrogens with zero attached hydrogens (tertiary/aromatic N) is 2. The number of sulfonamides is 1. The molecule has 2 atom stereocenters. The Morgan fingerprint density at radius 1 is 1.24 bits per heavy atom. The van der Waals surface area contributed by atoms with Crippen molar-refractivity contribution >= 4 is 27.7 Å². The lowest BCUT2D eigenvalue weighted by Gasteiger charge is -2.35. The first-order chi connectivity index (χ1) is 13.7. The van der Waals surface area contributed by atoms with Crippen molar-refractivity contribution in [3.05, 3.63) is 29.8 Å². The lowest BCUT2D eigenvalue weighted by atomic mass is 10.0. The van der Waals surface area contributed by atoms with E-state index in [-0.39, 0.29) is 22.6 Å². The number of carbonyl (C=O) groups is 2. The molecule has 2 heterocycles. The van der Waals surface area contributed by atoms with Crippen molar-refractivity contribution in [3.63, 3.8) is 0 Å². The number of likely N-dealkylation sites (tertiary alicyclic amines) is 1. The van der Waals surface area contributed by atoms with Crippen molar-refractivity contribution in [1.29, 1.82) is 0 Å². The van der Waals surface area contributed by atoms with Crippen LogP contribution >= 0.6 is 0 Å². The first-order valence-electron chi connectivity index (χ1n) is 9.90. The van der Waals surface area contributed by atoms with Crippen LogP contribution in [0.3, 0.4) is 0 Å². The number of piperidine rings is 1. The van der Waals surface area contributed by atoms with Gasteiger partial charge in [0.2, 0.25) is 0 Å². The molecule has 1 amide bonds. The fourth-order valence-corrected chi connectivity index (χ4v) is 4.70. The van der Waals surface area contributed by atoms with Gasteiger partial charge in [0.05, 0.1) is 0 Å². The van der Waals surface area contributed by atoms with E-state index in [1.165, 1.54) is 13.0 Å². The molecule has 0 bridgehead atoms. The maximum Gasteiger partial charge on any atom is 0.329 e. The second-order valence-electron chi connectivity index (χ2n) is 7.81. The van der Waals surface area contributed by atoms with Crippen LogP contribution in [0.2, 0.25) is 0 Å². The molecule has 1 fully saturated rings. The summed E-state index contributed by atoms with van der Waals surface area (Å²) in [6.45, 7) is 6.49. The zero-order chi connectivity index (χ0) is 21.2. The van der Waals surface area contributed by atoms with Gasteiger partial charge in [-0.1, -0.05) is 26.0 Å². The maximum absolute atomic E-state index is 12.8. The van der Waals surface area contributed by atoms with Gasteiger partial charge in [-0.2, -0.15) is 8.42 Å². The summed E-state index contributed by atoms with van der Waals surface area (Å²) >= 11 is 0. The molecule has 29 heavy (non-hydrogen) atoms. The third kappa shape index (κ3) is 4.60. The zero-order valence-electron chi connectivity index (χ0n) is 16.9. The molecule has 1 saturated heterocycles. The number of benzene rings is 1. The summed E-state index contributed by atoms with van der Waals surface area (Å²) in [5.74, 6) is -0.320. The standard InChI is InChI=1S/C20H27N3O5S/c1-13(2)12-21-19(24)14(3)28-20(25)16-9-6-7-11-23(16)18-15-8-4-5-10-17(15)29(26,27)22-18/h4-5,8,10,13-14,16H,6-7,9,11-12H2,1-3H3,(H,21,24)/t14-,16+/m0/s1. The second-order valence-corrected chi connectivity index (χ2v) is 9.38. The lowest BCUT2D eigenvalue weighted by Crippen LogP contribution is -2.50. The molecule has 9 heteroatoms. The Balaban J connectivity index is 1.77. The van der Waals surface area contributed by atoms with Crippen molar-refractivity contribution in [2.45, 2.75) is 57.1 Å². The first-order valence-corrected chi connectivity index (χ1v) is 11.3. The number of nitrogens with one attached hydrogen (secondary N) is 1. The van der Waals surface area contributed by atoms with Gasteiger partial charge in [-0.15, -0.1) is 4.40 Å². The molecule has 2 aliphatic rings. The number of amidine groups is 1. The highest BCUT2D eigenvalue weighted by molar-refractivity contribution is 7.90. The Labute approximate surface area is 171 Å². The topological polar surface area (TPSA) is 105 Å². The van der Waals surface area contributed by atoms with Gasteiger partial charge in [-0.25, -0.2) is 4.79 Å². The predicted octanol–water partition coefficient (Wildman–Crippen LogP) is 1.69. The van der Waals surface area contributed by atoms with E-state index in [2.05, 4.69) is 9.71 Å². The van der Waals surface area contributed by atoms with E-state index < -0.39 is 28.1 Å². The molecule has 0 radical (unpaired) electrons. The Hall–Kier alpha value is -2.42. The Morgan fingerprint density at radius 2 is 1.97 bits per heavy atom. The molecule has 158 valence electrons. The number of amides is 1. The lowest BCUT2D eigenvalue weighted by molar-refractivity contribution is -0.159. The van der Waals surface area contributed by atoms with Crippen LogP contribution in [-0.4, -0.2) is 56.3 Å². The van der Waals surface area contributed by atoms with Crippen molar-refractivity contribution < 1.29 is 22.7 Å². The largest absolute Gasteiger partial charge is 0.451 e. The van der Waals surface area contributed by atoms with Gasteiger partial charge in [-0.3, -0.25) is 4.79 Å². The maximum atomic E-state index is 12.8. The summed E-state index contributed by atoms with van der Waals surface area (Å²) in [4.78, 5) is 26.8. The quantitative estimate of drug-likeness (QED) is 0.726. The molecular formula is C20H27N3O5S. The summed E-state index contributed by atoms with van der Waals surface area (Å²) < 4.78 is 34.1. The van der Waals surface area contributed by atoms with Crippen LogP contribution in [0.25, 0.3) is 0 Å². The highest BCUT2D eigenvalue weighted by Crippen LogP contribution is 2.31. The molecule has 1 aromatic carbocycles. The van der Waals surface area contributed by atoms with Crippen molar-refractivity contribution in [3.8, 4) is 0 Å². The monoisotopic (exact) mass is 421 g/mol. The fourth-order valence-electron chi connectivity index (χ4n) is 3.48.